The van der Waals surface area contributed by atoms with E-state index < -0.39 is 20.1 Å². The Bertz CT molecular complexity index is 955. The predicted octanol–water partition coefficient (Wildman–Crippen LogP) is 2.02. The summed E-state index contributed by atoms with van der Waals surface area (Å²) in [5.41, 5.74) is 1.25. The number of carbonyl (C=O) groups is 3. The average Bonchev–Trinajstić information content (AvgIpc) is 3.18. The second-order valence-electron chi connectivity index (χ2n) is 8.43. The molecule has 1 aliphatic heterocycles. The molecule has 1 fully saturated rings. The molecule has 3 rings (SSSR count). The Morgan fingerprint density at radius 2 is 1.71 bits per heavy atom. The van der Waals surface area contributed by atoms with E-state index in [0.29, 0.717) is 17.0 Å². The molecule has 0 radical (unpaired) electrons. The summed E-state index contributed by atoms with van der Waals surface area (Å²) in [6, 6.07) is 13.3. The van der Waals surface area contributed by atoms with Crippen LogP contribution in [0.4, 0.5) is 10.5 Å². The van der Waals surface area contributed by atoms with Crippen LogP contribution in [0.15, 0.2) is 48.5 Å². The molecule has 2 aromatic rings. The number of amides is 4. The predicted molar refractivity (Wildman–Crippen MR) is 122 cm³/mol. The monoisotopic (exact) mass is 440 g/mol. The van der Waals surface area contributed by atoms with Crippen molar-refractivity contribution >= 4 is 36.8 Å². The molecule has 164 valence electrons. The van der Waals surface area contributed by atoms with Crippen molar-refractivity contribution in [2.75, 3.05) is 25.6 Å². The topological polar surface area (TPSA) is 99.8 Å². The fourth-order valence-corrected chi connectivity index (χ4v) is 4.36. The van der Waals surface area contributed by atoms with Crippen LogP contribution in [0, 0.1) is 0 Å². The van der Waals surface area contributed by atoms with Crippen molar-refractivity contribution in [2.45, 2.75) is 25.7 Å². The number of ether oxygens (including phenoxy) is 1. The van der Waals surface area contributed by atoms with Crippen LogP contribution in [-0.4, -0.2) is 51.1 Å². The van der Waals surface area contributed by atoms with E-state index in [9.17, 15) is 14.4 Å². The lowest BCUT2D eigenvalue weighted by Gasteiger charge is -2.23. The van der Waals surface area contributed by atoms with Gasteiger partial charge < -0.3 is 20.7 Å². The Hall–Kier alpha value is -3.33. The Balaban J connectivity index is 1.79. The molecule has 31 heavy (non-hydrogen) atoms. The van der Waals surface area contributed by atoms with Crippen molar-refractivity contribution < 1.29 is 19.1 Å². The molecular formula is C22H28N4O4Si. The molecule has 0 saturated carbocycles. The third-order valence-electron chi connectivity index (χ3n) is 5.09. The van der Waals surface area contributed by atoms with Gasteiger partial charge in [0.1, 0.15) is 18.3 Å². The van der Waals surface area contributed by atoms with E-state index in [0.717, 1.165) is 0 Å². The highest BCUT2D eigenvalue weighted by Crippen LogP contribution is 2.20. The largest absolute Gasteiger partial charge is 0.497 e. The van der Waals surface area contributed by atoms with Crippen LogP contribution in [0.1, 0.15) is 11.6 Å². The number of benzene rings is 2. The molecule has 9 heteroatoms. The van der Waals surface area contributed by atoms with E-state index in [-0.39, 0.29) is 25.0 Å². The van der Waals surface area contributed by atoms with E-state index in [2.05, 4.69) is 35.6 Å². The Morgan fingerprint density at radius 1 is 1.06 bits per heavy atom. The van der Waals surface area contributed by atoms with Crippen LogP contribution in [0.2, 0.25) is 19.6 Å². The second kappa shape index (κ2) is 9.21. The van der Waals surface area contributed by atoms with Crippen LogP contribution in [0.25, 0.3) is 0 Å². The molecule has 1 unspecified atom stereocenters. The van der Waals surface area contributed by atoms with Gasteiger partial charge >= 0.3 is 6.03 Å². The molecule has 2 aromatic carbocycles. The third kappa shape index (κ3) is 5.63. The van der Waals surface area contributed by atoms with Gasteiger partial charge in [-0.05, 0) is 29.8 Å². The number of nitrogens with one attached hydrogen (secondary N) is 3. The van der Waals surface area contributed by atoms with E-state index in [1.54, 1.807) is 31.4 Å². The molecule has 4 amide bonds. The normalized spacial score (nSPS) is 14.6. The van der Waals surface area contributed by atoms with Crippen molar-refractivity contribution in [1.82, 2.24) is 15.5 Å². The summed E-state index contributed by atoms with van der Waals surface area (Å²) in [6.07, 6.45) is 0. The van der Waals surface area contributed by atoms with Crippen LogP contribution in [0.3, 0.4) is 0 Å². The number of carbonyl (C=O) groups excluding carboxylic acids is 3. The third-order valence-corrected chi connectivity index (χ3v) is 7.15. The molecule has 3 N–H and O–H groups in total. The smallest absolute Gasteiger partial charge is 0.320 e. The maximum atomic E-state index is 13.1. The van der Waals surface area contributed by atoms with Crippen LogP contribution >= 0.6 is 0 Å². The van der Waals surface area contributed by atoms with Gasteiger partial charge in [-0.3, -0.25) is 14.5 Å². The summed E-state index contributed by atoms with van der Waals surface area (Å²) in [4.78, 5) is 38.5. The lowest BCUT2D eigenvalue weighted by molar-refractivity contribution is -0.118. The number of methoxy groups -OCH3 is 1. The minimum absolute atomic E-state index is 0.0407. The van der Waals surface area contributed by atoms with Crippen molar-refractivity contribution in [3.8, 4) is 5.75 Å². The van der Waals surface area contributed by atoms with Gasteiger partial charge in [0.15, 0.2) is 0 Å². The van der Waals surface area contributed by atoms with Gasteiger partial charge in [0, 0.05) is 5.69 Å². The second-order valence-corrected chi connectivity index (χ2v) is 13.5. The highest BCUT2D eigenvalue weighted by atomic mass is 28.3. The van der Waals surface area contributed by atoms with Gasteiger partial charge in [-0.25, -0.2) is 4.79 Å². The fraction of sp³-hybridized carbons (Fsp3) is 0.318. The maximum Gasteiger partial charge on any atom is 0.320 e. The first kappa shape index (κ1) is 22.4. The number of anilines is 1. The minimum Gasteiger partial charge on any atom is -0.497 e. The summed E-state index contributed by atoms with van der Waals surface area (Å²) < 4.78 is 5.18. The standard InChI is InChI=1S/C22H28N4O4Si/c1-30-17-9-5-15(6-10-17)20(25-22(29)26-13-19(27)23-14-26)21(28)24-16-7-11-18(12-8-16)31(2,3)4/h5-12,20H,13-14H2,1-4H3,(H,23,27)(H,24,28)(H,25,29). The highest BCUT2D eigenvalue weighted by Gasteiger charge is 2.29. The van der Waals surface area contributed by atoms with Gasteiger partial charge in [-0.1, -0.05) is 49.1 Å². The van der Waals surface area contributed by atoms with E-state index in [4.69, 9.17) is 4.74 Å². The molecular weight excluding hydrogens is 412 g/mol. The van der Waals surface area contributed by atoms with Crippen molar-refractivity contribution in [1.29, 1.82) is 0 Å². The minimum atomic E-state index is -1.44. The quantitative estimate of drug-likeness (QED) is 0.599. The molecule has 1 aliphatic rings. The Morgan fingerprint density at radius 3 is 2.23 bits per heavy atom. The first-order chi connectivity index (χ1) is 14.7. The van der Waals surface area contributed by atoms with E-state index >= 15 is 0 Å². The lowest BCUT2D eigenvalue weighted by atomic mass is 10.1. The average molecular weight is 441 g/mol. The van der Waals surface area contributed by atoms with Gasteiger partial charge in [0.25, 0.3) is 5.91 Å². The van der Waals surface area contributed by atoms with Gasteiger partial charge in [0.05, 0.1) is 21.9 Å². The molecule has 1 atom stereocenters. The fourth-order valence-electron chi connectivity index (χ4n) is 3.19. The zero-order valence-corrected chi connectivity index (χ0v) is 19.2. The van der Waals surface area contributed by atoms with E-state index in [1.807, 2.05) is 24.3 Å². The molecule has 0 aliphatic carbocycles. The summed E-state index contributed by atoms with van der Waals surface area (Å²) >= 11 is 0. The van der Waals surface area contributed by atoms with Gasteiger partial charge in [0.2, 0.25) is 5.91 Å². The zero-order valence-electron chi connectivity index (χ0n) is 18.2. The van der Waals surface area contributed by atoms with Crippen molar-refractivity contribution in [3.05, 3.63) is 54.1 Å². The van der Waals surface area contributed by atoms with Crippen LogP contribution < -0.4 is 25.9 Å². The summed E-state index contributed by atoms with van der Waals surface area (Å²) in [5, 5.41) is 9.49. The number of rotatable bonds is 6. The number of hydrogen-bond donors (Lipinski definition) is 3. The summed E-state index contributed by atoms with van der Waals surface area (Å²) in [6.45, 7) is 6.84. The van der Waals surface area contributed by atoms with Crippen LogP contribution in [-0.2, 0) is 9.59 Å². The van der Waals surface area contributed by atoms with E-state index in [1.165, 1.54) is 10.1 Å². The van der Waals surface area contributed by atoms with Gasteiger partial charge in [-0.2, -0.15) is 0 Å². The van der Waals surface area contributed by atoms with Crippen molar-refractivity contribution in [2.24, 2.45) is 0 Å². The molecule has 8 nitrogen and oxygen atoms in total. The first-order valence-corrected chi connectivity index (χ1v) is 13.5. The Labute approximate surface area is 183 Å². The van der Waals surface area contributed by atoms with Gasteiger partial charge in [-0.15, -0.1) is 0 Å². The zero-order chi connectivity index (χ0) is 22.6. The molecule has 0 aromatic heterocycles. The lowest BCUT2D eigenvalue weighted by Crippen LogP contribution is -2.44. The highest BCUT2D eigenvalue weighted by molar-refractivity contribution is 6.88. The van der Waals surface area contributed by atoms with Crippen molar-refractivity contribution in [3.63, 3.8) is 0 Å². The number of urea groups is 1. The Kier molecular flexibility index (Phi) is 6.64. The summed E-state index contributed by atoms with van der Waals surface area (Å²) in [5.74, 6) is 0.0337. The SMILES string of the molecule is COc1ccc(C(NC(=O)N2CNC(=O)C2)C(=O)Nc2ccc([Si](C)(C)C)cc2)cc1. The molecule has 1 heterocycles. The number of hydrogen-bond acceptors (Lipinski definition) is 4. The molecule has 0 bridgehead atoms. The maximum absolute atomic E-state index is 13.1. The molecule has 1 saturated heterocycles. The molecule has 0 spiro atoms. The number of nitrogens with zero attached hydrogens (tertiary/aromatic N) is 1. The first-order valence-electron chi connectivity index (χ1n) is 10.0. The van der Waals surface area contributed by atoms with Crippen LogP contribution in [0.5, 0.6) is 5.75 Å². The summed E-state index contributed by atoms with van der Waals surface area (Å²) in [7, 11) is 0.115.